The normalized spacial score (nSPS) is 10.8. The number of primary amides is 1. The van der Waals surface area contributed by atoms with Gasteiger partial charge < -0.3 is 15.0 Å². The standard InChI is InChI=1S/C19H26N2O2/c1-5-7-12-21-13(3)17(19(20)22)18(15(21)6-2)14-10-8-9-11-16(14)23-4/h8-11H,5-7,12H2,1-4H3,(H2,20,22). The smallest absolute Gasteiger partial charge is 0.251 e. The second-order valence-electron chi connectivity index (χ2n) is 5.71. The van der Waals surface area contributed by atoms with Crippen molar-refractivity contribution in [3.8, 4) is 16.9 Å². The summed E-state index contributed by atoms with van der Waals surface area (Å²) in [5.74, 6) is 0.380. The highest BCUT2D eigenvalue weighted by molar-refractivity contribution is 6.03. The van der Waals surface area contributed by atoms with Gasteiger partial charge in [0, 0.05) is 29.1 Å². The minimum atomic E-state index is -0.381. The van der Waals surface area contributed by atoms with Gasteiger partial charge in [-0.2, -0.15) is 0 Å². The average molecular weight is 314 g/mol. The van der Waals surface area contributed by atoms with Gasteiger partial charge in [-0.15, -0.1) is 0 Å². The van der Waals surface area contributed by atoms with Crippen LogP contribution in [0.4, 0.5) is 0 Å². The maximum absolute atomic E-state index is 12.1. The predicted octanol–water partition coefficient (Wildman–Crippen LogP) is 3.93. The second-order valence-corrected chi connectivity index (χ2v) is 5.71. The lowest BCUT2D eigenvalue weighted by Crippen LogP contribution is -2.13. The zero-order chi connectivity index (χ0) is 17.0. The first-order chi connectivity index (χ1) is 11.1. The summed E-state index contributed by atoms with van der Waals surface area (Å²) in [6, 6.07) is 7.79. The number of para-hydroxylation sites is 1. The Kier molecular flexibility index (Phi) is 5.48. The van der Waals surface area contributed by atoms with Gasteiger partial charge in [-0.25, -0.2) is 0 Å². The molecule has 2 rings (SSSR count). The summed E-state index contributed by atoms with van der Waals surface area (Å²) in [5, 5.41) is 0. The summed E-state index contributed by atoms with van der Waals surface area (Å²) >= 11 is 0. The molecule has 1 heterocycles. The molecule has 0 aliphatic heterocycles. The molecule has 4 nitrogen and oxygen atoms in total. The Hall–Kier alpha value is -2.23. The summed E-state index contributed by atoms with van der Waals surface area (Å²) in [5.41, 5.74) is 10.3. The van der Waals surface area contributed by atoms with Crippen molar-refractivity contribution in [2.75, 3.05) is 7.11 Å². The van der Waals surface area contributed by atoms with E-state index in [9.17, 15) is 4.79 Å². The molecular formula is C19H26N2O2. The highest BCUT2D eigenvalue weighted by Gasteiger charge is 2.25. The van der Waals surface area contributed by atoms with E-state index in [-0.39, 0.29) is 5.91 Å². The third kappa shape index (κ3) is 3.11. The maximum Gasteiger partial charge on any atom is 0.251 e. The Morgan fingerprint density at radius 1 is 1.26 bits per heavy atom. The summed E-state index contributed by atoms with van der Waals surface area (Å²) in [4.78, 5) is 12.1. The van der Waals surface area contributed by atoms with Crippen LogP contribution in [0.1, 0.15) is 48.4 Å². The fraction of sp³-hybridized carbons (Fsp3) is 0.421. The molecule has 0 atom stereocenters. The first-order valence-corrected chi connectivity index (χ1v) is 8.21. The van der Waals surface area contributed by atoms with Crippen molar-refractivity contribution in [1.29, 1.82) is 0 Å². The molecule has 0 saturated heterocycles. The molecule has 0 saturated carbocycles. The van der Waals surface area contributed by atoms with Crippen LogP contribution in [0.5, 0.6) is 5.75 Å². The Bertz CT molecular complexity index is 702. The molecule has 2 aromatic rings. The van der Waals surface area contributed by atoms with E-state index in [1.807, 2.05) is 31.2 Å². The summed E-state index contributed by atoms with van der Waals surface area (Å²) < 4.78 is 7.74. The highest BCUT2D eigenvalue weighted by atomic mass is 16.5. The molecule has 0 fully saturated rings. The summed E-state index contributed by atoms with van der Waals surface area (Å²) in [7, 11) is 1.65. The Labute approximate surface area is 138 Å². The number of carbonyl (C=O) groups is 1. The van der Waals surface area contributed by atoms with Crippen molar-refractivity contribution in [2.24, 2.45) is 5.73 Å². The third-order valence-electron chi connectivity index (χ3n) is 4.32. The summed E-state index contributed by atoms with van der Waals surface area (Å²) in [6.45, 7) is 7.16. The first-order valence-electron chi connectivity index (χ1n) is 8.21. The molecule has 1 amide bonds. The number of hydrogen-bond donors (Lipinski definition) is 1. The van der Waals surface area contributed by atoms with Crippen LogP contribution in [0, 0.1) is 6.92 Å². The number of rotatable bonds is 7. The molecule has 0 unspecified atom stereocenters. The Morgan fingerprint density at radius 3 is 2.52 bits per heavy atom. The van der Waals surface area contributed by atoms with E-state index >= 15 is 0 Å². The monoisotopic (exact) mass is 314 g/mol. The fourth-order valence-corrected chi connectivity index (χ4v) is 3.23. The minimum Gasteiger partial charge on any atom is -0.496 e. The molecule has 2 N–H and O–H groups in total. The van der Waals surface area contributed by atoms with Gasteiger partial charge in [0.15, 0.2) is 0 Å². The second kappa shape index (κ2) is 7.36. The Morgan fingerprint density at radius 2 is 1.96 bits per heavy atom. The molecule has 1 aromatic heterocycles. The number of aromatic nitrogens is 1. The highest BCUT2D eigenvalue weighted by Crippen LogP contribution is 2.38. The van der Waals surface area contributed by atoms with E-state index in [0.717, 1.165) is 54.1 Å². The molecule has 124 valence electrons. The number of amides is 1. The number of methoxy groups -OCH3 is 1. The van der Waals surface area contributed by atoms with E-state index in [1.165, 1.54) is 0 Å². The Balaban J connectivity index is 2.77. The molecule has 0 radical (unpaired) electrons. The van der Waals surface area contributed by atoms with Gasteiger partial charge in [0.2, 0.25) is 0 Å². The lowest BCUT2D eigenvalue weighted by atomic mass is 9.98. The van der Waals surface area contributed by atoms with Crippen molar-refractivity contribution in [3.63, 3.8) is 0 Å². The summed E-state index contributed by atoms with van der Waals surface area (Å²) in [6.07, 6.45) is 3.02. The molecule has 0 aliphatic carbocycles. The topological polar surface area (TPSA) is 57.2 Å². The van der Waals surface area contributed by atoms with Crippen LogP contribution in [0.15, 0.2) is 24.3 Å². The maximum atomic E-state index is 12.1. The average Bonchev–Trinajstić information content (AvgIpc) is 2.84. The SMILES string of the molecule is CCCCn1c(C)c(C(N)=O)c(-c2ccccc2OC)c1CC. The quantitative estimate of drug-likeness (QED) is 0.841. The number of hydrogen-bond acceptors (Lipinski definition) is 2. The molecule has 1 aromatic carbocycles. The largest absolute Gasteiger partial charge is 0.496 e. The minimum absolute atomic E-state index is 0.381. The number of carbonyl (C=O) groups excluding carboxylic acids is 1. The molecule has 0 aliphatic rings. The zero-order valence-electron chi connectivity index (χ0n) is 14.5. The van der Waals surface area contributed by atoms with Crippen molar-refractivity contribution < 1.29 is 9.53 Å². The molecular weight excluding hydrogens is 288 g/mol. The lowest BCUT2D eigenvalue weighted by Gasteiger charge is -2.13. The van der Waals surface area contributed by atoms with E-state index in [0.29, 0.717) is 5.56 Å². The zero-order valence-corrected chi connectivity index (χ0v) is 14.5. The van der Waals surface area contributed by atoms with Gasteiger partial charge in [-0.3, -0.25) is 4.79 Å². The van der Waals surface area contributed by atoms with E-state index in [4.69, 9.17) is 10.5 Å². The van der Waals surface area contributed by atoms with E-state index in [1.54, 1.807) is 7.11 Å². The number of unbranched alkanes of at least 4 members (excludes halogenated alkanes) is 1. The third-order valence-corrected chi connectivity index (χ3v) is 4.32. The van der Waals surface area contributed by atoms with Crippen LogP contribution in [-0.4, -0.2) is 17.6 Å². The van der Waals surface area contributed by atoms with Crippen molar-refractivity contribution in [1.82, 2.24) is 4.57 Å². The van der Waals surface area contributed by atoms with Crippen molar-refractivity contribution in [2.45, 2.75) is 46.6 Å². The van der Waals surface area contributed by atoms with E-state index in [2.05, 4.69) is 18.4 Å². The first kappa shape index (κ1) is 17.1. The number of ether oxygens (including phenoxy) is 1. The van der Waals surface area contributed by atoms with Crippen LogP contribution < -0.4 is 10.5 Å². The van der Waals surface area contributed by atoms with Crippen LogP contribution in [0.25, 0.3) is 11.1 Å². The van der Waals surface area contributed by atoms with Crippen LogP contribution in [-0.2, 0) is 13.0 Å². The van der Waals surface area contributed by atoms with Gasteiger partial charge in [0.05, 0.1) is 12.7 Å². The van der Waals surface area contributed by atoms with Gasteiger partial charge in [-0.1, -0.05) is 38.5 Å². The molecule has 4 heteroatoms. The number of nitrogens with zero attached hydrogens (tertiary/aromatic N) is 1. The number of benzene rings is 1. The molecule has 23 heavy (non-hydrogen) atoms. The molecule has 0 spiro atoms. The molecule has 0 bridgehead atoms. The van der Waals surface area contributed by atoms with Gasteiger partial charge in [0.25, 0.3) is 5.91 Å². The number of nitrogens with two attached hydrogens (primary N) is 1. The van der Waals surface area contributed by atoms with Crippen molar-refractivity contribution >= 4 is 5.91 Å². The predicted molar refractivity (Wildman–Crippen MR) is 94.0 cm³/mol. The fourth-order valence-electron chi connectivity index (χ4n) is 3.23. The lowest BCUT2D eigenvalue weighted by molar-refractivity contribution is 0.1000. The van der Waals surface area contributed by atoms with Gasteiger partial charge in [-0.05, 0) is 25.8 Å². The van der Waals surface area contributed by atoms with Crippen LogP contribution >= 0.6 is 0 Å². The van der Waals surface area contributed by atoms with Crippen LogP contribution in [0.2, 0.25) is 0 Å². The van der Waals surface area contributed by atoms with Crippen molar-refractivity contribution in [3.05, 3.63) is 41.2 Å². The van der Waals surface area contributed by atoms with Gasteiger partial charge in [0.1, 0.15) is 5.75 Å². The van der Waals surface area contributed by atoms with Crippen LogP contribution in [0.3, 0.4) is 0 Å². The van der Waals surface area contributed by atoms with Gasteiger partial charge >= 0.3 is 0 Å². The van der Waals surface area contributed by atoms with E-state index < -0.39 is 0 Å².